The van der Waals surface area contributed by atoms with Crippen LogP contribution in [0.15, 0.2) is 72.3 Å². The van der Waals surface area contributed by atoms with Gasteiger partial charge in [-0.15, -0.1) is 0 Å². The average molecular weight is 478 g/mol. The summed E-state index contributed by atoms with van der Waals surface area (Å²) in [4.78, 5) is 28.0. The minimum Gasteiger partial charge on any atom is -0.507 e. The third-order valence-electron chi connectivity index (χ3n) is 5.66. The number of rotatable bonds is 6. The van der Waals surface area contributed by atoms with Gasteiger partial charge in [0.05, 0.1) is 30.4 Å². The Hall–Kier alpha value is -3.77. The van der Waals surface area contributed by atoms with Crippen LogP contribution in [0.3, 0.4) is 0 Å². The van der Waals surface area contributed by atoms with Crippen molar-refractivity contribution < 1.29 is 24.2 Å². The third kappa shape index (κ3) is 4.24. The monoisotopic (exact) mass is 477 g/mol. The van der Waals surface area contributed by atoms with Crippen LogP contribution in [0.2, 0.25) is 5.02 Å². The molecule has 1 heterocycles. The lowest BCUT2D eigenvalue weighted by molar-refractivity contribution is -0.132. The first-order chi connectivity index (χ1) is 16.3. The number of ether oxygens (including phenoxy) is 2. The minimum absolute atomic E-state index is 0.0126. The Balaban J connectivity index is 1.93. The maximum Gasteiger partial charge on any atom is 0.300 e. The molecule has 0 aromatic heterocycles. The van der Waals surface area contributed by atoms with Crippen LogP contribution in [0, 0.1) is 6.92 Å². The first-order valence-corrected chi connectivity index (χ1v) is 11.2. The first-order valence-electron chi connectivity index (χ1n) is 10.8. The molecule has 1 unspecified atom stereocenters. The normalized spacial score (nSPS) is 17.2. The molecule has 7 heteroatoms. The van der Waals surface area contributed by atoms with Crippen molar-refractivity contribution in [2.24, 2.45) is 0 Å². The van der Waals surface area contributed by atoms with E-state index in [1.54, 1.807) is 55.6 Å². The number of anilines is 1. The number of hydrogen-bond acceptors (Lipinski definition) is 5. The summed E-state index contributed by atoms with van der Waals surface area (Å²) in [5.41, 5.74) is 2.47. The minimum atomic E-state index is -0.834. The molecule has 1 aliphatic rings. The molecule has 0 saturated carbocycles. The number of carbonyl (C=O) groups is 2. The van der Waals surface area contributed by atoms with Gasteiger partial charge >= 0.3 is 0 Å². The lowest BCUT2D eigenvalue weighted by Crippen LogP contribution is -2.29. The molecule has 174 valence electrons. The zero-order valence-corrected chi connectivity index (χ0v) is 19.8. The van der Waals surface area contributed by atoms with Gasteiger partial charge in [-0.05, 0) is 67.4 Å². The summed E-state index contributed by atoms with van der Waals surface area (Å²) < 4.78 is 10.8. The maximum atomic E-state index is 13.3. The van der Waals surface area contributed by atoms with E-state index in [0.29, 0.717) is 39.9 Å². The number of benzene rings is 3. The fraction of sp³-hybridized carbons (Fsp3) is 0.185. The summed E-state index contributed by atoms with van der Waals surface area (Å²) in [6.07, 6.45) is 0. The lowest BCUT2D eigenvalue weighted by Gasteiger charge is -2.26. The predicted molar refractivity (Wildman–Crippen MR) is 132 cm³/mol. The van der Waals surface area contributed by atoms with Crippen molar-refractivity contribution in [1.82, 2.24) is 0 Å². The molecule has 6 nitrogen and oxygen atoms in total. The number of aliphatic hydroxyl groups excluding tert-OH is 1. The number of aryl methyl sites for hydroxylation is 1. The first kappa shape index (κ1) is 23.4. The quantitative estimate of drug-likeness (QED) is 0.281. The molecule has 1 aliphatic heterocycles. The summed E-state index contributed by atoms with van der Waals surface area (Å²) in [5, 5.41) is 11.7. The number of amides is 1. The van der Waals surface area contributed by atoms with E-state index in [0.717, 1.165) is 5.56 Å². The van der Waals surface area contributed by atoms with Crippen molar-refractivity contribution in [3.8, 4) is 11.5 Å². The van der Waals surface area contributed by atoms with Gasteiger partial charge < -0.3 is 14.6 Å². The van der Waals surface area contributed by atoms with Crippen molar-refractivity contribution in [3.63, 3.8) is 0 Å². The van der Waals surface area contributed by atoms with Crippen LogP contribution in [0.4, 0.5) is 5.69 Å². The average Bonchev–Trinajstić information content (AvgIpc) is 3.10. The molecule has 0 radical (unpaired) electrons. The fourth-order valence-corrected chi connectivity index (χ4v) is 4.22. The van der Waals surface area contributed by atoms with Gasteiger partial charge in [0.2, 0.25) is 0 Å². The van der Waals surface area contributed by atoms with E-state index in [2.05, 4.69) is 0 Å². The molecule has 3 aromatic carbocycles. The number of Topliss-reactive ketones (excluding diaryl/α,β-unsaturated/α-hetero) is 1. The predicted octanol–water partition coefficient (Wildman–Crippen LogP) is 5.68. The van der Waals surface area contributed by atoms with Gasteiger partial charge in [0.15, 0.2) is 0 Å². The molecule has 1 amide bonds. The van der Waals surface area contributed by atoms with Gasteiger partial charge in [-0.2, -0.15) is 0 Å². The highest BCUT2D eigenvalue weighted by Crippen LogP contribution is 2.43. The molecule has 34 heavy (non-hydrogen) atoms. The highest BCUT2D eigenvalue weighted by atomic mass is 35.5. The van der Waals surface area contributed by atoms with Crippen LogP contribution in [0.5, 0.6) is 11.5 Å². The number of hydrogen-bond donors (Lipinski definition) is 1. The van der Waals surface area contributed by atoms with E-state index in [4.69, 9.17) is 21.1 Å². The molecule has 1 N–H and O–H groups in total. The standard InChI is InChI=1S/C27H24ClNO5/c1-4-34-22-15-18(10-13-21(22)28)25(30)23-24(17-8-11-20(33-3)12-9-17)29(27(32)26(23)31)19-7-5-6-16(2)14-19/h5-15,24,30H,4H2,1-3H3/b25-23-. The molecular weight excluding hydrogens is 454 g/mol. The molecule has 4 rings (SSSR count). The summed E-state index contributed by atoms with van der Waals surface area (Å²) >= 11 is 6.20. The Kier molecular flexibility index (Phi) is 6.61. The van der Waals surface area contributed by atoms with E-state index in [9.17, 15) is 14.7 Å². The van der Waals surface area contributed by atoms with Crippen LogP contribution < -0.4 is 14.4 Å². The highest BCUT2D eigenvalue weighted by Gasteiger charge is 2.47. The lowest BCUT2D eigenvalue weighted by atomic mass is 9.95. The van der Waals surface area contributed by atoms with Gasteiger partial charge in [0.25, 0.3) is 11.7 Å². The maximum absolute atomic E-state index is 13.3. The Bertz CT molecular complexity index is 1280. The van der Waals surface area contributed by atoms with Crippen LogP contribution >= 0.6 is 11.6 Å². The molecular formula is C27H24ClNO5. The Morgan fingerprint density at radius 1 is 1.06 bits per heavy atom. The van der Waals surface area contributed by atoms with Gasteiger partial charge in [-0.25, -0.2) is 0 Å². The van der Waals surface area contributed by atoms with E-state index in [1.165, 1.54) is 4.90 Å². The smallest absolute Gasteiger partial charge is 0.300 e. The number of carbonyl (C=O) groups excluding carboxylic acids is 2. The molecule has 1 atom stereocenters. The summed E-state index contributed by atoms with van der Waals surface area (Å²) in [6, 6.07) is 18.3. The zero-order valence-electron chi connectivity index (χ0n) is 19.0. The zero-order chi connectivity index (χ0) is 24.4. The summed E-state index contributed by atoms with van der Waals surface area (Å²) in [6.45, 7) is 4.11. The van der Waals surface area contributed by atoms with Crippen molar-refractivity contribution >= 4 is 34.7 Å². The van der Waals surface area contributed by atoms with Gasteiger partial charge in [-0.3, -0.25) is 14.5 Å². The van der Waals surface area contributed by atoms with Crippen LogP contribution in [0.25, 0.3) is 5.76 Å². The third-order valence-corrected chi connectivity index (χ3v) is 5.97. The van der Waals surface area contributed by atoms with Crippen LogP contribution in [-0.4, -0.2) is 30.5 Å². The van der Waals surface area contributed by atoms with Gasteiger partial charge in [0, 0.05) is 11.3 Å². The second-order valence-electron chi connectivity index (χ2n) is 7.86. The van der Waals surface area contributed by atoms with Crippen molar-refractivity contribution in [2.45, 2.75) is 19.9 Å². The van der Waals surface area contributed by atoms with Crippen molar-refractivity contribution in [2.75, 3.05) is 18.6 Å². The van der Waals surface area contributed by atoms with Crippen molar-refractivity contribution in [1.29, 1.82) is 0 Å². The van der Waals surface area contributed by atoms with Crippen LogP contribution in [0.1, 0.15) is 29.7 Å². The second kappa shape index (κ2) is 9.61. The molecule has 0 bridgehead atoms. The van der Waals surface area contributed by atoms with Crippen LogP contribution in [-0.2, 0) is 9.59 Å². The number of methoxy groups -OCH3 is 1. The highest BCUT2D eigenvalue weighted by molar-refractivity contribution is 6.51. The summed E-state index contributed by atoms with van der Waals surface area (Å²) in [7, 11) is 1.56. The van der Waals surface area contributed by atoms with E-state index in [1.807, 2.05) is 32.0 Å². The number of halogens is 1. The number of ketones is 1. The van der Waals surface area contributed by atoms with Gasteiger partial charge in [0.1, 0.15) is 17.3 Å². The Labute approximate surface area is 203 Å². The topological polar surface area (TPSA) is 76.1 Å². The molecule has 3 aromatic rings. The van der Waals surface area contributed by atoms with Gasteiger partial charge in [-0.1, -0.05) is 35.9 Å². The number of aliphatic hydroxyl groups is 1. The summed E-state index contributed by atoms with van der Waals surface area (Å²) in [5.74, 6) is -0.774. The molecule has 0 aliphatic carbocycles. The Morgan fingerprint density at radius 3 is 2.44 bits per heavy atom. The molecule has 1 fully saturated rings. The van der Waals surface area contributed by atoms with E-state index in [-0.39, 0.29) is 11.3 Å². The molecule has 0 spiro atoms. The molecule has 1 saturated heterocycles. The van der Waals surface area contributed by atoms with Crippen molar-refractivity contribution in [3.05, 3.63) is 94.0 Å². The largest absolute Gasteiger partial charge is 0.507 e. The second-order valence-corrected chi connectivity index (χ2v) is 8.27. The fourth-order valence-electron chi connectivity index (χ4n) is 4.05. The number of nitrogens with zero attached hydrogens (tertiary/aromatic N) is 1. The van der Waals surface area contributed by atoms with E-state index < -0.39 is 17.7 Å². The SMILES string of the molecule is CCOc1cc(/C(O)=C2/C(=O)C(=O)N(c3cccc(C)c3)C2c2ccc(OC)cc2)ccc1Cl. The van der Waals surface area contributed by atoms with E-state index >= 15 is 0 Å². The Morgan fingerprint density at radius 2 is 1.79 bits per heavy atom.